The minimum atomic E-state index is 0.104. The number of rotatable bonds is 3. The van der Waals surface area contributed by atoms with Crippen molar-refractivity contribution in [2.45, 2.75) is 25.8 Å². The number of hydrogen-bond donors (Lipinski definition) is 1. The maximum absolute atomic E-state index is 5.51. The SMILES string of the molecule is CNC(C)(C)Cc1coc2ccccc12. The van der Waals surface area contributed by atoms with E-state index in [2.05, 4.69) is 25.2 Å². The van der Waals surface area contributed by atoms with Crippen molar-refractivity contribution in [2.24, 2.45) is 0 Å². The zero-order chi connectivity index (χ0) is 10.9. The number of benzene rings is 1. The van der Waals surface area contributed by atoms with Crippen LogP contribution in [0.1, 0.15) is 19.4 Å². The maximum Gasteiger partial charge on any atom is 0.134 e. The third-order valence-electron chi connectivity index (χ3n) is 2.87. The molecule has 0 aliphatic carbocycles. The van der Waals surface area contributed by atoms with E-state index < -0.39 is 0 Å². The van der Waals surface area contributed by atoms with Gasteiger partial charge in [0, 0.05) is 16.5 Å². The number of fused-ring (bicyclic) bond motifs is 1. The van der Waals surface area contributed by atoms with Crippen molar-refractivity contribution >= 4 is 11.0 Å². The van der Waals surface area contributed by atoms with Gasteiger partial charge in [-0.2, -0.15) is 0 Å². The van der Waals surface area contributed by atoms with Crippen LogP contribution < -0.4 is 5.32 Å². The first-order valence-electron chi connectivity index (χ1n) is 5.26. The van der Waals surface area contributed by atoms with Crippen molar-refractivity contribution in [3.63, 3.8) is 0 Å². The molecular formula is C13H17NO. The first kappa shape index (κ1) is 10.2. The lowest BCUT2D eigenvalue weighted by Crippen LogP contribution is -2.38. The van der Waals surface area contributed by atoms with Crippen LogP contribution >= 0.6 is 0 Å². The lowest BCUT2D eigenvalue weighted by atomic mass is 9.95. The topological polar surface area (TPSA) is 25.2 Å². The van der Waals surface area contributed by atoms with Gasteiger partial charge in [0.15, 0.2) is 0 Å². The van der Waals surface area contributed by atoms with Gasteiger partial charge >= 0.3 is 0 Å². The van der Waals surface area contributed by atoms with Crippen molar-refractivity contribution in [3.8, 4) is 0 Å². The number of para-hydroxylation sites is 1. The highest BCUT2D eigenvalue weighted by Gasteiger charge is 2.18. The van der Waals surface area contributed by atoms with E-state index in [1.807, 2.05) is 31.5 Å². The summed E-state index contributed by atoms with van der Waals surface area (Å²) in [4.78, 5) is 0. The lowest BCUT2D eigenvalue weighted by Gasteiger charge is -2.23. The Hall–Kier alpha value is -1.28. The van der Waals surface area contributed by atoms with Gasteiger partial charge < -0.3 is 9.73 Å². The Kier molecular flexibility index (Phi) is 2.53. The molecule has 1 aromatic heterocycles. The summed E-state index contributed by atoms with van der Waals surface area (Å²) in [6, 6.07) is 8.16. The molecule has 2 aromatic rings. The molecule has 0 bridgehead atoms. The molecule has 0 saturated heterocycles. The van der Waals surface area contributed by atoms with Gasteiger partial charge in [-0.1, -0.05) is 18.2 Å². The van der Waals surface area contributed by atoms with E-state index in [1.165, 1.54) is 10.9 Å². The summed E-state index contributed by atoms with van der Waals surface area (Å²) in [7, 11) is 1.99. The summed E-state index contributed by atoms with van der Waals surface area (Å²) in [5.41, 5.74) is 2.34. The third kappa shape index (κ3) is 2.05. The minimum Gasteiger partial charge on any atom is -0.464 e. The van der Waals surface area contributed by atoms with Gasteiger partial charge in [0.2, 0.25) is 0 Å². The van der Waals surface area contributed by atoms with Gasteiger partial charge in [-0.3, -0.25) is 0 Å². The molecular weight excluding hydrogens is 186 g/mol. The number of likely N-dealkylation sites (N-methyl/N-ethyl adjacent to an activating group) is 1. The van der Waals surface area contributed by atoms with Crippen molar-refractivity contribution in [2.75, 3.05) is 7.05 Å². The highest BCUT2D eigenvalue weighted by molar-refractivity contribution is 5.80. The minimum absolute atomic E-state index is 0.104. The van der Waals surface area contributed by atoms with Gasteiger partial charge in [0.25, 0.3) is 0 Å². The third-order valence-corrected chi connectivity index (χ3v) is 2.87. The molecule has 1 heterocycles. The molecule has 0 amide bonds. The predicted octanol–water partition coefficient (Wildman–Crippen LogP) is 2.97. The molecule has 0 atom stereocenters. The average molecular weight is 203 g/mol. The first-order chi connectivity index (χ1) is 7.12. The maximum atomic E-state index is 5.51. The van der Waals surface area contributed by atoms with E-state index in [9.17, 15) is 0 Å². The summed E-state index contributed by atoms with van der Waals surface area (Å²) in [6.07, 6.45) is 2.84. The Labute approximate surface area is 90.3 Å². The second-order valence-corrected chi connectivity index (χ2v) is 4.57. The van der Waals surface area contributed by atoms with Crippen LogP contribution in [0.4, 0.5) is 0 Å². The number of furan rings is 1. The second kappa shape index (κ2) is 3.70. The number of hydrogen-bond acceptors (Lipinski definition) is 2. The van der Waals surface area contributed by atoms with Crippen molar-refractivity contribution in [3.05, 3.63) is 36.1 Å². The summed E-state index contributed by atoms with van der Waals surface area (Å²) < 4.78 is 5.51. The molecule has 0 spiro atoms. The van der Waals surface area contributed by atoms with Crippen LogP contribution in [0.2, 0.25) is 0 Å². The first-order valence-corrected chi connectivity index (χ1v) is 5.26. The average Bonchev–Trinajstić information content (AvgIpc) is 2.62. The Balaban J connectivity index is 2.37. The zero-order valence-corrected chi connectivity index (χ0v) is 9.50. The van der Waals surface area contributed by atoms with Gasteiger partial charge in [-0.15, -0.1) is 0 Å². The van der Waals surface area contributed by atoms with E-state index >= 15 is 0 Å². The molecule has 0 aliphatic rings. The Morgan fingerprint density at radius 1 is 1.27 bits per heavy atom. The summed E-state index contributed by atoms with van der Waals surface area (Å²) >= 11 is 0. The van der Waals surface area contributed by atoms with E-state index in [1.54, 1.807) is 0 Å². The van der Waals surface area contributed by atoms with Crippen LogP contribution in [0.5, 0.6) is 0 Å². The molecule has 1 N–H and O–H groups in total. The van der Waals surface area contributed by atoms with E-state index in [4.69, 9.17) is 4.42 Å². The van der Waals surface area contributed by atoms with Crippen LogP contribution in [0.25, 0.3) is 11.0 Å². The Morgan fingerprint density at radius 3 is 2.73 bits per heavy atom. The monoisotopic (exact) mass is 203 g/mol. The smallest absolute Gasteiger partial charge is 0.134 e. The van der Waals surface area contributed by atoms with E-state index in [0.29, 0.717) is 0 Å². The fourth-order valence-corrected chi connectivity index (χ4v) is 1.73. The fourth-order valence-electron chi connectivity index (χ4n) is 1.73. The molecule has 2 heteroatoms. The molecule has 0 unspecified atom stereocenters. The molecule has 0 fully saturated rings. The molecule has 0 saturated carbocycles. The van der Waals surface area contributed by atoms with E-state index in [-0.39, 0.29) is 5.54 Å². The van der Waals surface area contributed by atoms with E-state index in [0.717, 1.165) is 12.0 Å². The quantitative estimate of drug-likeness (QED) is 0.829. The summed E-state index contributed by atoms with van der Waals surface area (Å²) in [5, 5.41) is 4.53. The molecule has 1 aromatic carbocycles. The van der Waals surface area contributed by atoms with Crippen LogP contribution in [0, 0.1) is 0 Å². The van der Waals surface area contributed by atoms with Gasteiger partial charge in [-0.05, 0) is 33.4 Å². The van der Waals surface area contributed by atoms with Gasteiger partial charge in [0.1, 0.15) is 5.58 Å². The van der Waals surface area contributed by atoms with Crippen LogP contribution in [-0.2, 0) is 6.42 Å². The summed E-state index contributed by atoms with van der Waals surface area (Å²) in [5.74, 6) is 0. The number of nitrogens with one attached hydrogen (secondary N) is 1. The van der Waals surface area contributed by atoms with Crippen LogP contribution in [0.15, 0.2) is 34.9 Å². The lowest BCUT2D eigenvalue weighted by molar-refractivity contribution is 0.421. The Bertz CT molecular complexity index is 456. The van der Waals surface area contributed by atoms with Crippen LogP contribution in [-0.4, -0.2) is 12.6 Å². The van der Waals surface area contributed by atoms with Crippen molar-refractivity contribution in [1.29, 1.82) is 0 Å². The predicted molar refractivity (Wildman–Crippen MR) is 63.1 cm³/mol. The van der Waals surface area contributed by atoms with Crippen molar-refractivity contribution < 1.29 is 4.42 Å². The van der Waals surface area contributed by atoms with Gasteiger partial charge in [-0.25, -0.2) is 0 Å². The normalized spacial score (nSPS) is 12.2. The largest absolute Gasteiger partial charge is 0.464 e. The molecule has 15 heavy (non-hydrogen) atoms. The molecule has 0 radical (unpaired) electrons. The van der Waals surface area contributed by atoms with Crippen LogP contribution in [0.3, 0.4) is 0 Å². The van der Waals surface area contributed by atoms with Gasteiger partial charge in [0.05, 0.1) is 6.26 Å². The molecule has 2 rings (SSSR count). The molecule has 80 valence electrons. The Morgan fingerprint density at radius 2 is 2.00 bits per heavy atom. The highest BCUT2D eigenvalue weighted by atomic mass is 16.3. The highest BCUT2D eigenvalue weighted by Crippen LogP contribution is 2.24. The summed E-state index contributed by atoms with van der Waals surface area (Å²) in [6.45, 7) is 4.38. The zero-order valence-electron chi connectivity index (χ0n) is 9.50. The standard InChI is InChI=1S/C13H17NO/c1-13(2,14-3)8-10-9-15-12-7-5-4-6-11(10)12/h4-7,9,14H,8H2,1-3H3. The molecule has 0 aliphatic heterocycles. The second-order valence-electron chi connectivity index (χ2n) is 4.57. The van der Waals surface area contributed by atoms with Crippen molar-refractivity contribution in [1.82, 2.24) is 5.32 Å². The fraction of sp³-hybridized carbons (Fsp3) is 0.385. The molecule has 2 nitrogen and oxygen atoms in total.